The first kappa shape index (κ1) is 56.4. The Hall–Kier alpha value is -0.920. The lowest BCUT2D eigenvalue weighted by molar-refractivity contribution is -0.452. The number of ether oxygens (including phenoxy) is 7. The van der Waals surface area contributed by atoms with Gasteiger partial charge in [-0.15, -0.1) is 0 Å². The van der Waals surface area contributed by atoms with Crippen LogP contribution in [0.25, 0.3) is 0 Å². The summed E-state index contributed by atoms with van der Waals surface area (Å²) in [5, 5.41) is 139. The summed E-state index contributed by atoms with van der Waals surface area (Å²) in [6.07, 6.45) is -25.5. The van der Waals surface area contributed by atoms with Gasteiger partial charge in [0.1, 0.15) is 97.7 Å². The number of nitrogens with zero attached hydrogens (tertiary/aromatic N) is 1. The van der Waals surface area contributed by atoms with Gasteiger partial charge in [0.2, 0.25) is 6.29 Å². The van der Waals surface area contributed by atoms with Crippen LogP contribution in [-0.2, 0) is 42.9 Å². The molecule has 0 unspecified atom stereocenters. The average Bonchev–Trinajstić information content (AvgIpc) is 3.86. The normalized spacial score (nSPS) is 56.7. The molecular formula is C51H85NO22. The van der Waals surface area contributed by atoms with Crippen molar-refractivity contribution in [2.45, 2.75) is 233 Å². The molecule has 6 saturated heterocycles. The monoisotopic (exact) mass is 1060 g/mol. The highest BCUT2D eigenvalue weighted by Gasteiger charge is 2.67. The molecule has 426 valence electrons. The fourth-order valence-corrected chi connectivity index (χ4v) is 16.8. The number of rotatable bonds is 13. The molecule has 32 atom stereocenters. The third-order valence-corrected chi connectivity index (χ3v) is 20.7. The van der Waals surface area contributed by atoms with Crippen LogP contribution in [0.5, 0.6) is 0 Å². The van der Waals surface area contributed by atoms with Gasteiger partial charge in [-0.05, 0) is 116 Å². The molecule has 6 aliphatic heterocycles. The largest absolute Gasteiger partial charge is 0.394 e. The number of aliphatic hydroxyl groups is 13. The van der Waals surface area contributed by atoms with Crippen molar-refractivity contribution >= 4 is 0 Å². The minimum Gasteiger partial charge on any atom is -0.394 e. The van der Waals surface area contributed by atoms with Gasteiger partial charge in [0.25, 0.3) is 0 Å². The molecular weight excluding hydrogens is 979 g/mol. The fourth-order valence-electron chi connectivity index (χ4n) is 16.8. The lowest BCUT2D eigenvalue weighted by Gasteiger charge is -2.61. The minimum atomic E-state index is -2.04. The van der Waals surface area contributed by atoms with E-state index in [0.717, 1.165) is 49.0 Å². The molecule has 0 spiro atoms. The molecule has 0 aromatic carbocycles. The van der Waals surface area contributed by atoms with E-state index in [-0.39, 0.29) is 11.5 Å². The number of hydrogen-bond donors (Lipinski definition) is 13. The van der Waals surface area contributed by atoms with Gasteiger partial charge in [0.05, 0.1) is 32.5 Å². The molecule has 0 aromatic rings. The van der Waals surface area contributed by atoms with E-state index < -0.39 is 149 Å². The minimum absolute atomic E-state index is 0.148. The maximum atomic E-state index is 11.7. The van der Waals surface area contributed by atoms with Gasteiger partial charge < -0.3 is 99.5 Å². The molecule has 6 heterocycles. The second-order valence-electron chi connectivity index (χ2n) is 24.5. The first-order chi connectivity index (χ1) is 35.3. The van der Waals surface area contributed by atoms with Gasteiger partial charge in [0.15, 0.2) is 18.9 Å². The molecule has 0 amide bonds. The van der Waals surface area contributed by atoms with E-state index in [1.54, 1.807) is 0 Å². The maximum Gasteiger partial charge on any atom is 0.220 e. The smallest absolute Gasteiger partial charge is 0.220 e. The first-order valence-corrected chi connectivity index (χ1v) is 27.5. The van der Waals surface area contributed by atoms with Crippen molar-refractivity contribution in [1.82, 2.24) is 4.90 Å². The van der Waals surface area contributed by atoms with Crippen molar-refractivity contribution < 1.29 is 109 Å². The van der Waals surface area contributed by atoms with Crippen LogP contribution in [0.4, 0.5) is 0 Å². The van der Waals surface area contributed by atoms with Crippen LogP contribution >= 0.6 is 0 Å². The topological polar surface area (TPSA) is 349 Å². The van der Waals surface area contributed by atoms with E-state index in [1.807, 2.05) is 0 Å². The summed E-state index contributed by atoms with van der Waals surface area (Å²) in [4.78, 5) is 14.8. The van der Waals surface area contributed by atoms with Crippen molar-refractivity contribution in [2.24, 2.45) is 52.3 Å². The SMILES string of the molecule is C[C@H]1CC[C@H]2[C@H](C)[C@@H]3[C@@H](C[C@H]4[C@@H]5CC[C@H]6C[C@@H](OO[C@@H]7O[C@H](CO)[C@H](O[C@H]8O[C@H](CO)[C@@H](O)[C@H](O[C@H]9O[C@H](CO)[C@@H](O)[C@H](O)[C@H]9O)[C@H]8O[C@@H]8O[C@H](CO)[C@@H](O)[C@H](O)[C@H]8O)[C@H](O)[C@H]7O)CC[C@@]6(C)[C@H]5CC[C@@]34C)N2C1. The van der Waals surface area contributed by atoms with Crippen LogP contribution in [0.15, 0.2) is 0 Å². The second-order valence-corrected chi connectivity index (χ2v) is 24.5. The predicted octanol–water partition coefficient (Wildman–Crippen LogP) is -3.04. The molecule has 4 saturated carbocycles. The first-order valence-electron chi connectivity index (χ1n) is 27.5. The Bertz CT molecular complexity index is 1870. The third kappa shape index (κ3) is 9.66. The summed E-state index contributed by atoms with van der Waals surface area (Å²) < 4.78 is 41.1. The van der Waals surface area contributed by atoms with Crippen LogP contribution < -0.4 is 0 Å². The average molecular weight is 1060 g/mol. The summed E-state index contributed by atoms with van der Waals surface area (Å²) in [5.74, 6) is 4.73. The molecule has 10 fully saturated rings. The van der Waals surface area contributed by atoms with Crippen molar-refractivity contribution in [3.8, 4) is 0 Å². The Balaban J connectivity index is 0.804. The molecule has 0 radical (unpaired) electrons. The molecule has 13 N–H and O–H groups in total. The summed E-state index contributed by atoms with van der Waals surface area (Å²) in [6.45, 7) is 7.88. The van der Waals surface area contributed by atoms with E-state index in [4.69, 9.17) is 42.9 Å². The van der Waals surface area contributed by atoms with E-state index in [2.05, 4.69) is 32.6 Å². The van der Waals surface area contributed by atoms with Gasteiger partial charge in [-0.25, -0.2) is 9.78 Å². The zero-order valence-electron chi connectivity index (χ0n) is 42.9. The van der Waals surface area contributed by atoms with Crippen molar-refractivity contribution in [1.29, 1.82) is 0 Å². The molecule has 10 rings (SSSR count). The molecule has 74 heavy (non-hydrogen) atoms. The number of fused-ring (bicyclic) bond motifs is 9. The highest BCUT2D eigenvalue weighted by atomic mass is 17.2. The van der Waals surface area contributed by atoms with E-state index in [0.29, 0.717) is 35.6 Å². The Labute approximate surface area is 431 Å². The van der Waals surface area contributed by atoms with E-state index in [1.165, 1.54) is 45.1 Å². The van der Waals surface area contributed by atoms with E-state index in [9.17, 15) is 66.4 Å². The molecule has 0 bridgehead atoms. The van der Waals surface area contributed by atoms with Crippen LogP contribution in [-0.4, -0.2) is 245 Å². The lowest BCUT2D eigenvalue weighted by atomic mass is 9.44. The number of aliphatic hydroxyl groups excluding tert-OH is 13. The Morgan fingerprint density at radius 2 is 1.03 bits per heavy atom. The highest BCUT2D eigenvalue weighted by molar-refractivity contribution is 5.17. The zero-order valence-corrected chi connectivity index (χ0v) is 42.9. The Morgan fingerprint density at radius 1 is 0.473 bits per heavy atom. The lowest BCUT2D eigenvalue weighted by Crippen LogP contribution is -2.68. The summed E-state index contributed by atoms with van der Waals surface area (Å²) >= 11 is 0. The molecule has 23 nitrogen and oxygen atoms in total. The van der Waals surface area contributed by atoms with Gasteiger partial charge in [-0.2, -0.15) is 0 Å². The van der Waals surface area contributed by atoms with Crippen LogP contribution in [0.2, 0.25) is 0 Å². The summed E-state index contributed by atoms with van der Waals surface area (Å²) in [5.41, 5.74) is 0.519. The summed E-state index contributed by atoms with van der Waals surface area (Å²) in [7, 11) is 0. The fraction of sp³-hybridized carbons (Fsp3) is 1.00. The van der Waals surface area contributed by atoms with E-state index >= 15 is 0 Å². The standard InChI is InChI=1S/C51H85NO22/c1-20-5-8-27-21(2)33-28(52(27)15-20)14-26-24-7-6-22-13-23(9-11-50(22,3)25(24)10-12-51(26,33)4)73-74-48-42(65)39(62)43(32(19-56)69-48)70-49-45(72-47-41(64)38(61)35(58)30(17-54)67-47)44(36(59)31(18-55)68-49)71-46-40(63)37(60)34(57)29(16-53)66-46/h20-49,53-65H,5-19H2,1-4H3/t20-,21-,22-,23-,24+,25-,26-,27-,28+,29+,30+,31+,32+,33+,34+,35+,36+,37-,38-,39+,40+,41+,42+,43-,44-,45+,46+,47-,48-,49+,50+,51+/m0/s1. The zero-order chi connectivity index (χ0) is 52.9. The van der Waals surface area contributed by atoms with Gasteiger partial charge in [-0.1, -0.05) is 27.7 Å². The quantitative estimate of drug-likeness (QED) is 0.0644. The Kier molecular flexibility index (Phi) is 16.9. The van der Waals surface area contributed by atoms with Gasteiger partial charge in [-0.3, -0.25) is 4.90 Å². The predicted molar refractivity (Wildman–Crippen MR) is 250 cm³/mol. The second kappa shape index (κ2) is 22.2. The Morgan fingerprint density at radius 3 is 1.66 bits per heavy atom. The third-order valence-electron chi connectivity index (χ3n) is 20.7. The number of hydrogen-bond acceptors (Lipinski definition) is 23. The van der Waals surface area contributed by atoms with Gasteiger partial charge in [0, 0.05) is 18.6 Å². The van der Waals surface area contributed by atoms with Crippen molar-refractivity contribution in [2.75, 3.05) is 33.0 Å². The van der Waals surface area contributed by atoms with Crippen LogP contribution in [0.1, 0.15) is 91.9 Å². The van der Waals surface area contributed by atoms with Crippen LogP contribution in [0.3, 0.4) is 0 Å². The van der Waals surface area contributed by atoms with Crippen molar-refractivity contribution in [3.05, 3.63) is 0 Å². The highest BCUT2D eigenvalue weighted by Crippen LogP contribution is 2.71. The summed E-state index contributed by atoms with van der Waals surface area (Å²) in [6, 6.07) is 1.43. The molecule has 4 aliphatic carbocycles. The van der Waals surface area contributed by atoms with Gasteiger partial charge >= 0.3 is 0 Å². The molecule has 10 aliphatic rings. The molecule has 23 heteroatoms. The van der Waals surface area contributed by atoms with Crippen LogP contribution in [0, 0.1) is 52.3 Å². The maximum absolute atomic E-state index is 11.7. The molecule has 0 aromatic heterocycles. The van der Waals surface area contributed by atoms with Crippen molar-refractivity contribution in [3.63, 3.8) is 0 Å². The number of piperidine rings is 1.